The first-order valence-electron chi connectivity index (χ1n) is 7.83. The quantitative estimate of drug-likeness (QED) is 0.836. The van der Waals surface area contributed by atoms with Gasteiger partial charge in [0.05, 0.1) is 5.56 Å². The summed E-state index contributed by atoms with van der Waals surface area (Å²) in [5, 5.41) is 1.14. The van der Waals surface area contributed by atoms with Crippen molar-refractivity contribution >= 4 is 22.4 Å². The van der Waals surface area contributed by atoms with E-state index in [-0.39, 0.29) is 17.5 Å². The van der Waals surface area contributed by atoms with Crippen LogP contribution in [0.2, 0.25) is 0 Å². The van der Waals surface area contributed by atoms with E-state index in [0.717, 1.165) is 25.8 Å². The highest BCUT2D eigenvalue weighted by Gasteiger charge is 2.27. The number of carbonyl (C=O) groups excluding carboxylic acids is 1. The lowest BCUT2D eigenvalue weighted by atomic mass is 9.98. The predicted molar refractivity (Wildman–Crippen MR) is 87.9 cm³/mol. The Balaban J connectivity index is 2.08. The molecule has 0 radical (unpaired) electrons. The summed E-state index contributed by atoms with van der Waals surface area (Å²) >= 11 is 0. The summed E-state index contributed by atoms with van der Waals surface area (Å²) in [5.41, 5.74) is 6.61. The first-order valence-corrected chi connectivity index (χ1v) is 7.83. The molecule has 1 aromatic carbocycles. The molecule has 0 spiro atoms. The van der Waals surface area contributed by atoms with E-state index in [2.05, 4.69) is 11.9 Å². The van der Waals surface area contributed by atoms with E-state index < -0.39 is 0 Å². The van der Waals surface area contributed by atoms with Gasteiger partial charge in [0.2, 0.25) is 0 Å². The van der Waals surface area contributed by atoms with Gasteiger partial charge in [0.25, 0.3) is 11.5 Å². The minimum absolute atomic E-state index is 0.00225. The van der Waals surface area contributed by atoms with Gasteiger partial charge in [-0.1, -0.05) is 13.0 Å². The van der Waals surface area contributed by atoms with Gasteiger partial charge in [-0.05, 0) is 37.8 Å². The van der Waals surface area contributed by atoms with Crippen LogP contribution in [0.1, 0.15) is 43.0 Å². The number of aromatic amines is 1. The molecule has 1 aromatic heterocycles. The standard InChI is InChI=1S/C17H21N3O2/c1-2-12-5-3-4-8-20(12)17(22)15-10-19-16(21)14-9-11(18)6-7-13(14)15/h6-7,9-10,12H,2-5,8,18H2,1H3,(H,19,21). The molecule has 5 nitrogen and oxygen atoms in total. The molecule has 2 heterocycles. The summed E-state index contributed by atoms with van der Waals surface area (Å²) in [4.78, 5) is 29.5. The zero-order valence-electron chi connectivity index (χ0n) is 12.8. The Morgan fingerprint density at radius 2 is 2.18 bits per heavy atom. The Kier molecular flexibility index (Phi) is 3.88. The maximum absolute atomic E-state index is 13.0. The summed E-state index contributed by atoms with van der Waals surface area (Å²) in [6.45, 7) is 2.90. The molecule has 0 saturated carbocycles. The number of hydrogen-bond donors (Lipinski definition) is 2. The number of fused-ring (bicyclic) bond motifs is 1. The summed E-state index contributed by atoms with van der Waals surface area (Å²) in [7, 11) is 0. The molecule has 1 amide bonds. The molecule has 1 aliphatic heterocycles. The second-order valence-electron chi connectivity index (χ2n) is 5.89. The maximum atomic E-state index is 13.0. The number of pyridine rings is 1. The van der Waals surface area contributed by atoms with Gasteiger partial charge in [0.15, 0.2) is 0 Å². The molecule has 2 aromatic rings. The molecule has 3 N–H and O–H groups in total. The van der Waals surface area contributed by atoms with Crippen molar-refractivity contribution in [2.45, 2.75) is 38.6 Å². The number of aromatic nitrogens is 1. The second kappa shape index (κ2) is 5.83. The average Bonchev–Trinajstić information content (AvgIpc) is 2.55. The number of rotatable bonds is 2. The number of likely N-dealkylation sites (tertiary alicyclic amines) is 1. The highest BCUT2D eigenvalue weighted by molar-refractivity contribution is 6.07. The van der Waals surface area contributed by atoms with Crippen molar-refractivity contribution in [3.63, 3.8) is 0 Å². The molecule has 1 saturated heterocycles. The maximum Gasteiger partial charge on any atom is 0.256 e. The largest absolute Gasteiger partial charge is 0.399 e. The number of nitrogens with two attached hydrogens (primary N) is 1. The van der Waals surface area contributed by atoms with Gasteiger partial charge in [-0.15, -0.1) is 0 Å². The van der Waals surface area contributed by atoms with Crippen molar-refractivity contribution in [2.75, 3.05) is 12.3 Å². The van der Waals surface area contributed by atoms with Gasteiger partial charge < -0.3 is 15.6 Å². The van der Waals surface area contributed by atoms with E-state index in [9.17, 15) is 9.59 Å². The van der Waals surface area contributed by atoms with Gasteiger partial charge in [-0.2, -0.15) is 0 Å². The molecule has 1 aliphatic rings. The number of nitrogen functional groups attached to an aromatic ring is 1. The molecular weight excluding hydrogens is 278 g/mol. The van der Waals surface area contributed by atoms with Crippen molar-refractivity contribution in [1.82, 2.24) is 9.88 Å². The topological polar surface area (TPSA) is 79.2 Å². The van der Waals surface area contributed by atoms with Gasteiger partial charge >= 0.3 is 0 Å². The van der Waals surface area contributed by atoms with E-state index in [4.69, 9.17) is 5.73 Å². The molecule has 0 bridgehead atoms. The van der Waals surface area contributed by atoms with E-state index in [1.165, 1.54) is 12.6 Å². The number of hydrogen-bond acceptors (Lipinski definition) is 3. The normalized spacial score (nSPS) is 18.6. The second-order valence-corrected chi connectivity index (χ2v) is 5.89. The number of nitrogens with zero attached hydrogens (tertiary/aromatic N) is 1. The highest BCUT2D eigenvalue weighted by atomic mass is 16.2. The van der Waals surface area contributed by atoms with Crippen LogP contribution in [0.25, 0.3) is 10.8 Å². The first-order chi connectivity index (χ1) is 10.6. The molecule has 1 unspecified atom stereocenters. The number of H-pyrrole nitrogens is 1. The van der Waals surface area contributed by atoms with E-state index >= 15 is 0 Å². The Bertz CT molecular complexity index is 766. The number of anilines is 1. The van der Waals surface area contributed by atoms with Crippen molar-refractivity contribution in [2.24, 2.45) is 0 Å². The zero-order chi connectivity index (χ0) is 15.7. The molecule has 1 atom stereocenters. The number of amides is 1. The lowest BCUT2D eigenvalue weighted by Crippen LogP contribution is -2.43. The van der Waals surface area contributed by atoms with E-state index in [0.29, 0.717) is 22.0 Å². The van der Waals surface area contributed by atoms with Crippen LogP contribution in [0.5, 0.6) is 0 Å². The third kappa shape index (κ3) is 2.47. The minimum atomic E-state index is -0.218. The van der Waals surface area contributed by atoms with Crippen molar-refractivity contribution in [3.05, 3.63) is 40.3 Å². The highest BCUT2D eigenvalue weighted by Crippen LogP contribution is 2.24. The third-order valence-corrected chi connectivity index (χ3v) is 4.52. The predicted octanol–water partition coefficient (Wildman–Crippen LogP) is 2.52. The van der Waals surface area contributed by atoms with Crippen LogP contribution in [0.3, 0.4) is 0 Å². The number of carbonyl (C=O) groups is 1. The van der Waals surface area contributed by atoms with Crippen LogP contribution in [0.4, 0.5) is 5.69 Å². The van der Waals surface area contributed by atoms with Crippen LogP contribution < -0.4 is 11.3 Å². The summed E-state index contributed by atoms with van der Waals surface area (Å²) in [6, 6.07) is 5.40. The number of piperidine rings is 1. The molecule has 22 heavy (non-hydrogen) atoms. The Morgan fingerprint density at radius 1 is 1.36 bits per heavy atom. The SMILES string of the molecule is CCC1CCCCN1C(=O)c1c[nH]c(=O)c2cc(N)ccc12. The molecule has 0 aliphatic carbocycles. The summed E-state index contributed by atoms with van der Waals surface area (Å²) in [6.07, 6.45) is 5.75. The van der Waals surface area contributed by atoms with Crippen LogP contribution in [0, 0.1) is 0 Å². The Labute approximate surface area is 129 Å². The molecule has 1 fully saturated rings. The van der Waals surface area contributed by atoms with Crippen LogP contribution in [-0.2, 0) is 0 Å². The molecule has 116 valence electrons. The van der Waals surface area contributed by atoms with Crippen LogP contribution >= 0.6 is 0 Å². The minimum Gasteiger partial charge on any atom is -0.399 e. The lowest BCUT2D eigenvalue weighted by Gasteiger charge is -2.35. The first kappa shape index (κ1) is 14.6. The third-order valence-electron chi connectivity index (χ3n) is 4.52. The van der Waals surface area contributed by atoms with Crippen molar-refractivity contribution in [3.8, 4) is 0 Å². The summed E-state index contributed by atoms with van der Waals surface area (Å²) < 4.78 is 0. The van der Waals surface area contributed by atoms with Gasteiger partial charge in [-0.3, -0.25) is 9.59 Å². The molecular formula is C17H21N3O2. The Hall–Kier alpha value is -2.30. The van der Waals surface area contributed by atoms with Crippen molar-refractivity contribution < 1.29 is 4.79 Å². The smallest absolute Gasteiger partial charge is 0.256 e. The van der Waals surface area contributed by atoms with Crippen molar-refractivity contribution in [1.29, 1.82) is 0 Å². The fraction of sp³-hybridized carbons (Fsp3) is 0.412. The van der Waals surface area contributed by atoms with Gasteiger partial charge in [0, 0.05) is 35.2 Å². The lowest BCUT2D eigenvalue weighted by molar-refractivity contribution is 0.0609. The van der Waals surface area contributed by atoms with E-state index in [1.54, 1.807) is 18.2 Å². The van der Waals surface area contributed by atoms with Gasteiger partial charge in [0.1, 0.15) is 0 Å². The summed E-state index contributed by atoms with van der Waals surface area (Å²) in [5.74, 6) is -0.00225. The van der Waals surface area contributed by atoms with E-state index in [1.807, 2.05) is 4.90 Å². The monoisotopic (exact) mass is 299 g/mol. The fourth-order valence-electron chi connectivity index (χ4n) is 3.30. The van der Waals surface area contributed by atoms with Crippen LogP contribution in [0.15, 0.2) is 29.2 Å². The fourth-order valence-corrected chi connectivity index (χ4v) is 3.30. The average molecular weight is 299 g/mol. The molecule has 3 rings (SSSR count). The van der Waals surface area contributed by atoms with Crippen LogP contribution in [-0.4, -0.2) is 28.4 Å². The molecule has 5 heteroatoms. The van der Waals surface area contributed by atoms with Gasteiger partial charge in [-0.25, -0.2) is 0 Å². The number of benzene rings is 1. The Morgan fingerprint density at radius 3 is 2.95 bits per heavy atom. The zero-order valence-corrected chi connectivity index (χ0v) is 12.8. The number of nitrogens with one attached hydrogen (secondary N) is 1.